The highest BCUT2D eigenvalue weighted by Crippen LogP contribution is 2.12. The Morgan fingerprint density at radius 1 is 1.23 bits per heavy atom. The smallest absolute Gasteiger partial charge is 0.259 e. The zero-order chi connectivity index (χ0) is 9.84. The number of thioether (sulfide) groups is 1. The zero-order valence-corrected chi connectivity index (χ0v) is 9.31. The molecule has 0 N–H and O–H groups in total. The van der Waals surface area contributed by atoms with E-state index in [1.807, 2.05) is 0 Å². The Balaban J connectivity index is 2.90. The molecular weight excluding hydrogens is 252 g/mol. The summed E-state index contributed by atoms with van der Waals surface area (Å²) < 4.78 is 0.889. The van der Waals surface area contributed by atoms with E-state index in [0.717, 1.165) is 16.2 Å². The van der Waals surface area contributed by atoms with Gasteiger partial charge in [-0.1, -0.05) is 27.7 Å². The minimum atomic E-state index is -0.444. The molecule has 0 unspecified atom stereocenters. The summed E-state index contributed by atoms with van der Waals surface area (Å²) in [4.78, 5) is 22.3. The molecular formula is C9H7BrO2S. The summed E-state index contributed by atoms with van der Waals surface area (Å²) in [5.74, 6) is -0.444. The van der Waals surface area contributed by atoms with Crippen molar-refractivity contribution in [2.24, 2.45) is 0 Å². The van der Waals surface area contributed by atoms with E-state index in [1.54, 1.807) is 30.5 Å². The molecule has 0 aliphatic carbocycles. The molecule has 0 spiro atoms. The molecule has 0 amide bonds. The molecule has 0 bridgehead atoms. The fraction of sp³-hybridized carbons (Fsp3) is 0.111. The molecule has 0 radical (unpaired) electrons. The van der Waals surface area contributed by atoms with Crippen molar-refractivity contribution in [2.45, 2.75) is 0 Å². The molecule has 1 aromatic rings. The van der Waals surface area contributed by atoms with Gasteiger partial charge in [0.05, 0.1) is 0 Å². The monoisotopic (exact) mass is 258 g/mol. The molecule has 2 nitrogen and oxygen atoms in total. The van der Waals surface area contributed by atoms with Crippen LogP contribution in [0.4, 0.5) is 0 Å². The van der Waals surface area contributed by atoms with Gasteiger partial charge in [-0.25, -0.2) is 0 Å². The highest BCUT2D eigenvalue weighted by atomic mass is 79.9. The van der Waals surface area contributed by atoms with E-state index >= 15 is 0 Å². The minimum Gasteiger partial charge on any atom is -0.284 e. The summed E-state index contributed by atoms with van der Waals surface area (Å²) >= 11 is 4.18. The summed E-state index contributed by atoms with van der Waals surface area (Å²) in [6.45, 7) is 0. The lowest BCUT2D eigenvalue weighted by Crippen LogP contribution is -2.09. The van der Waals surface area contributed by atoms with Crippen molar-refractivity contribution in [1.29, 1.82) is 0 Å². The molecule has 0 heterocycles. The Kier molecular flexibility index (Phi) is 3.69. The number of rotatable bonds is 2. The first-order chi connectivity index (χ1) is 6.15. The molecule has 0 aliphatic heterocycles. The van der Waals surface area contributed by atoms with Crippen molar-refractivity contribution in [3.05, 3.63) is 34.3 Å². The van der Waals surface area contributed by atoms with Gasteiger partial charge in [-0.05, 0) is 30.5 Å². The van der Waals surface area contributed by atoms with Gasteiger partial charge in [0.2, 0.25) is 5.78 Å². The number of halogens is 1. The van der Waals surface area contributed by atoms with Gasteiger partial charge in [0.1, 0.15) is 0 Å². The van der Waals surface area contributed by atoms with Gasteiger partial charge in [0, 0.05) is 10.0 Å². The second-order valence-electron chi connectivity index (χ2n) is 2.33. The van der Waals surface area contributed by atoms with Crippen molar-refractivity contribution in [3.8, 4) is 0 Å². The molecule has 4 heteroatoms. The van der Waals surface area contributed by atoms with Crippen LogP contribution in [0.15, 0.2) is 28.7 Å². The number of Topliss-reactive ketones (excluding diaryl/α,β-unsaturated/α-hetero) is 1. The molecule has 0 saturated carbocycles. The molecule has 1 aromatic carbocycles. The third kappa shape index (κ3) is 2.67. The maximum absolute atomic E-state index is 11.3. The molecule has 0 aromatic heterocycles. The number of carbonyl (C=O) groups excluding carboxylic acids is 2. The highest BCUT2D eigenvalue weighted by molar-refractivity contribution is 9.10. The summed E-state index contributed by atoms with van der Waals surface area (Å²) in [7, 11) is 0. The largest absolute Gasteiger partial charge is 0.284 e. The van der Waals surface area contributed by atoms with E-state index in [9.17, 15) is 9.59 Å². The van der Waals surface area contributed by atoms with Crippen LogP contribution in [-0.4, -0.2) is 17.2 Å². The van der Waals surface area contributed by atoms with Gasteiger partial charge < -0.3 is 0 Å². The standard InChI is InChI=1S/C9H7BrO2S/c1-13-9(12)8(11)6-2-4-7(10)5-3-6/h2-5H,1H3. The maximum atomic E-state index is 11.3. The summed E-state index contributed by atoms with van der Waals surface area (Å²) in [6, 6.07) is 6.72. The van der Waals surface area contributed by atoms with Crippen LogP contribution in [0.5, 0.6) is 0 Å². The minimum absolute atomic E-state index is 0.428. The van der Waals surface area contributed by atoms with Crippen LogP contribution in [0.25, 0.3) is 0 Å². The lowest BCUT2D eigenvalue weighted by molar-refractivity contribution is -0.107. The first kappa shape index (κ1) is 10.5. The zero-order valence-electron chi connectivity index (χ0n) is 6.91. The van der Waals surface area contributed by atoms with Crippen molar-refractivity contribution in [2.75, 3.05) is 6.26 Å². The van der Waals surface area contributed by atoms with E-state index in [4.69, 9.17) is 0 Å². The Hall–Kier alpha value is -0.610. The number of benzene rings is 1. The van der Waals surface area contributed by atoms with E-state index < -0.39 is 10.9 Å². The topological polar surface area (TPSA) is 34.1 Å². The maximum Gasteiger partial charge on any atom is 0.259 e. The first-order valence-electron chi connectivity index (χ1n) is 3.53. The number of hydrogen-bond donors (Lipinski definition) is 0. The Morgan fingerprint density at radius 2 is 1.77 bits per heavy atom. The van der Waals surface area contributed by atoms with Gasteiger partial charge in [-0.15, -0.1) is 0 Å². The summed E-state index contributed by atoms with van der Waals surface area (Å²) in [5, 5.41) is -0.428. The molecule has 68 valence electrons. The van der Waals surface area contributed by atoms with Crippen molar-refractivity contribution < 1.29 is 9.59 Å². The SMILES string of the molecule is CSC(=O)C(=O)c1ccc(Br)cc1. The van der Waals surface area contributed by atoms with Crippen LogP contribution < -0.4 is 0 Å². The Bertz CT molecular complexity index is 332. The predicted molar refractivity (Wildman–Crippen MR) is 57.0 cm³/mol. The normalized spacial score (nSPS) is 9.69. The van der Waals surface area contributed by atoms with Crippen molar-refractivity contribution in [1.82, 2.24) is 0 Å². The Labute approximate surface area is 88.8 Å². The van der Waals surface area contributed by atoms with Gasteiger partial charge in [0.15, 0.2) is 0 Å². The fourth-order valence-electron chi connectivity index (χ4n) is 0.812. The van der Waals surface area contributed by atoms with Crippen LogP contribution in [0, 0.1) is 0 Å². The van der Waals surface area contributed by atoms with Crippen LogP contribution in [0.2, 0.25) is 0 Å². The number of ketones is 1. The number of carbonyl (C=O) groups is 2. The van der Waals surface area contributed by atoms with E-state index in [-0.39, 0.29) is 0 Å². The van der Waals surface area contributed by atoms with Crippen LogP contribution in [-0.2, 0) is 4.79 Å². The third-order valence-electron chi connectivity index (χ3n) is 1.48. The quantitative estimate of drug-likeness (QED) is 0.604. The van der Waals surface area contributed by atoms with Crippen LogP contribution in [0.1, 0.15) is 10.4 Å². The summed E-state index contributed by atoms with van der Waals surface area (Å²) in [6.07, 6.45) is 1.60. The molecule has 0 saturated heterocycles. The fourth-order valence-corrected chi connectivity index (χ4v) is 1.38. The lowest BCUT2D eigenvalue weighted by atomic mass is 10.1. The molecule has 0 atom stereocenters. The van der Waals surface area contributed by atoms with E-state index in [1.165, 1.54) is 0 Å². The average Bonchev–Trinajstić information content (AvgIpc) is 2.17. The molecule has 0 fully saturated rings. The number of hydrogen-bond acceptors (Lipinski definition) is 3. The third-order valence-corrected chi connectivity index (χ3v) is 2.56. The lowest BCUT2D eigenvalue weighted by Gasteiger charge is -1.97. The Morgan fingerprint density at radius 3 is 2.23 bits per heavy atom. The van der Waals surface area contributed by atoms with Gasteiger partial charge in [0.25, 0.3) is 5.12 Å². The highest BCUT2D eigenvalue weighted by Gasteiger charge is 2.13. The van der Waals surface area contributed by atoms with Crippen LogP contribution >= 0.6 is 27.7 Å². The van der Waals surface area contributed by atoms with Gasteiger partial charge in [-0.3, -0.25) is 9.59 Å². The van der Waals surface area contributed by atoms with E-state index in [2.05, 4.69) is 15.9 Å². The van der Waals surface area contributed by atoms with Gasteiger partial charge in [-0.2, -0.15) is 0 Å². The molecule has 1 rings (SSSR count). The predicted octanol–water partition coefficient (Wildman–Crippen LogP) is 2.52. The molecule has 13 heavy (non-hydrogen) atoms. The average molecular weight is 259 g/mol. The van der Waals surface area contributed by atoms with Gasteiger partial charge >= 0.3 is 0 Å². The second kappa shape index (κ2) is 4.58. The van der Waals surface area contributed by atoms with E-state index in [0.29, 0.717) is 5.56 Å². The molecule has 0 aliphatic rings. The summed E-state index contributed by atoms with van der Waals surface area (Å²) in [5.41, 5.74) is 0.433. The van der Waals surface area contributed by atoms with Crippen molar-refractivity contribution >= 4 is 38.6 Å². The first-order valence-corrected chi connectivity index (χ1v) is 5.55. The van der Waals surface area contributed by atoms with Crippen molar-refractivity contribution in [3.63, 3.8) is 0 Å². The van der Waals surface area contributed by atoms with Crippen LogP contribution in [0.3, 0.4) is 0 Å². The second-order valence-corrected chi connectivity index (χ2v) is 4.02.